The second-order valence-electron chi connectivity index (χ2n) is 3.53. The monoisotopic (exact) mass is 277 g/mol. The van der Waals surface area contributed by atoms with Crippen molar-refractivity contribution in [3.05, 3.63) is 40.7 Å². The largest absolute Gasteiger partial charge is 0.298 e. The predicted molar refractivity (Wildman–Crippen MR) is 71.1 cm³/mol. The van der Waals surface area contributed by atoms with Crippen molar-refractivity contribution in [3.63, 3.8) is 0 Å². The lowest BCUT2D eigenvalue weighted by molar-refractivity contribution is -0.118. The quantitative estimate of drug-likeness (QED) is 0.311. The molecule has 0 unspecified atom stereocenters. The van der Waals surface area contributed by atoms with Gasteiger partial charge in [0.2, 0.25) is 5.91 Å². The Hall–Kier alpha value is -2.19. The molecule has 1 aromatic heterocycles. The second kappa shape index (κ2) is 6.12. The van der Waals surface area contributed by atoms with Crippen molar-refractivity contribution in [2.75, 3.05) is 5.75 Å². The number of nitrogens with two attached hydrogens (primary N) is 1. The highest BCUT2D eigenvalue weighted by Crippen LogP contribution is 2.13. The number of nitrogens with one attached hydrogen (secondary N) is 2. The van der Waals surface area contributed by atoms with E-state index in [2.05, 4.69) is 15.2 Å². The first-order chi connectivity index (χ1) is 9.20. The Morgan fingerprint density at radius 1 is 1.32 bits per heavy atom. The van der Waals surface area contributed by atoms with E-state index in [1.54, 1.807) is 12.1 Å². The van der Waals surface area contributed by atoms with Gasteiger partial charge in [-0.25, -0.2) is 5.84 Å². The Kier molecular flexibility index (Phi) is 4.26. The van der Waals surface area contributed by atoms with Gasteiger partial charge in [0.15, 0.2) is 10.9 Å². The maximum Gasteiger partial charge on any atom is 0.278 e. The maximum atomic E-state index is 11.9. The van der Waals surface area contributed by atoms with E-state index >= 15 is 0 Å². The SMILES string of the molecule is NNC(=O)CSc1nnc(-c2ccccc2)c(=O)[nH]1. The van der Waals surface area contributed by atoms with E-state index in [1.807, 2.05) is 23.6 Å². The van der Waals surface area contributed by atoms with Crippen molar-refractivity contribution in [1.29, 1.82) is 0 Å². The first-order valence-corrected chi connectivity index (χ1v) is 6.34. The number of carbonyl (C=O) groups is 1. The molecule has 0 saturated carbocycles. The van der Waals surface area contributed by atoms with Crippen LogP contribution in [0.25, 0.3) is 11.3 Å². The summed E-state index contributed by atoms with van der Waals surface area (Å²) in [6.45, 7) is 0. The average molecular weight is 277 g/mol. The van der Waals surface area contributed by atoms with E-state index < -0.39 is 0 Å². The molecule has 0 bridgehead atoms. The zero-order chi connectivity index (χ0) is 13.7. The molecule has 2 rings (SSSR count). The molecule has 4 N–H and O–H groups in total. The smallest absolute Gasteiger partial charge is 0.278 e. The van der Waals surface area contributed by atoms with Crippen LogP contribution in [0.3, 0.4) is 0 Å². The fourth-order valence-electron chi connectivity index (χ4n) is 1.35. The Morgan fingerprint density at radius 2 is 2.05 bits per heavy atom. The molecule has 1 aromatic carbocycles. The molecule has 0 aliphatic heterocycles. The highest BCUT2D eigenvalue weighted by molar-refractivity contribution is 7.99. The van der Waals surface area contributed by atoms with Crippen molar-refractivity contribution in [2.24, 2.45) is 5.84 Å². The van der Waals surface area contributed by atoms with Gasteiger partial charge in [0, 0.05) is 5.56 Å². The normalized spacial score (nSPS) is 10.2. The Balaban J connectivity index is 2.19. The summed E-state index contributed by atoms with van der Waals surface area (Å²) in [5, 5.41) is 8.01. The molecule has 0 saturated heterocycles. The number of thioether (sulfide) groups is 1. The average Bonchev–Trinajstić information content (AvgIpc) is 2.45. The number of benzene rings is 1. The summed E-state index contributed by atoms with van der Waals surface area (Å²) in [5.41, 5.74) is 2.57. The number of amides is 1. The van der Waals surface area contributed by atoms with Crippen LogP contribution in [0.2, 0.25) is 0 Å². The molecule has 7 nitrogen and oxygen atoms in total. The number of hydrogen-bond donors (Lipinski definition) is 3. The van der Waals surface area contributed by atoms with Crippen LogP contribution in [-0.2, 0) is 4.79 Å². The second-order valence-corrected chi connectivity index (χ2v) is 4.49. The third kappa shape index (κ3) is 3.39. The molecule has 8 heteroatoms. The van der Waals surface area contributed by atoms with Crippen molar-refractivity contribution >= 4 is 17.7 Å². The molecule has 0 fully saturated rings. The fraction of sp³-hybridized carbons (Fsp3) is 0.0909. The zero-order valence-corrected chi connectivity index (χ0v) is 10.6. The highest BCUT2D eigenvalue weighted by atomic mass is 32.2. The summed E-state index contributed by atoms with van der Waals surface area (Å²) >= 11 is 1.05. The van der Waals surface area contributed by atoms with Crippen LogP contribution in [-0.4, -0.2) is 26.8 Å². The van der Waals surface area contributed by atoms with E-state index in [0.29, 0.717) is 5.56 Å². The lowest BCUT2D eigenvalue weighted by Gasteiger charge is -2.01. The number of aromatic amines is 1. The Labute approximate surface area is 112 Å². The molecule has 0 atom stereocenters. The molecular formula is C11H11N5O2S. The van der Waals surface area contributed by atoms with Crippen molar-refractivity contribution in [3.8, 4) is 11.3 Å². The van der Waals surface area contributed by atoms with E-state index in [-0.39, 0.29) is 28.1 Å². The van der Waals surface area contributed by atoms with Gasteiger partial charge in [-0.05, 0) is 0 Å². The molecule has 19 heavy (non-hydrogen) atoms. The summed E-state index contributed by atoms with van der Waals surface area (Å²) in [4.78, 5) is 25.4. The summed E-state index contributed by atoms with van der Waals surface area (Å²) in [6.07, 6.45) is 0. The van der Waals surface area contributed by atoms with Crippen molar-refractivity contribution < 1.29 is 4.79 Å². The van der Waals surface area contributed by atoms with Gasteiger partial charge in [-0.2, -0.15) is 0 Å². The van der Waals surface area contributed by atoms with E-state index in [4.69, 9.17) is 5.84 Å². The number of H-pyrrole nitrogens is 1. The highest BCUT2D eigenvalue weighted by Gasteiger charge is 2.08. The van der Waals surface area contributed by atoms with Crippen LogP contribution in [0.5, 0.6) is 0 Å². The summed E-state index contributed by atoms with van der Waals surface area (Å²) in [5.74, 6) is 4.65. The van der Waals surface area contributed by atoms with Crippen LogP contribution in [0, 0.1) is 0 Å². The lowest BCUT2D eigenvalue weighted by Crippen LogP contribution is -2.31. The minimum absolute atomic E-state index is 0.0613. The van der Waals surface area contributed by atoms with Gasteiger partial charge in [0.25, 0.3) is 5.56 Å². The van der Waals surface area contributed by atoms with E-state index in [9.17, 15) is 9.59 Å². The maximum absolute atomic E-state index is 11.9. The van der Waals surface area contributed by atoms with Crippen LogP contribution in [0.15, 0.2) is 40.3 Å². The standard InChI is InChI=1S/C11H11N5O2S/c12-14-8(17)6-19-11-13-10(18)9(15-16-11)7-4-2-1-3-5-7/h1-5H,6,12H2,(H,14,17)(H,13,16,18). The van der Waals surface area contributed by atoms with Crippen molar-refractivity contribution in [2.45, 2.75) is 5.16 Å². The first-order valence-electron chi connectivity index (χ1n) is 5.35. The van der Waals surface area contributed by atoms with Gasteiger partial charge >= 0.3 is 0 Å². The van der Waals surface area contributed by atoms with Gasteiger partial charge in [-0.1, -0.05) is 42.1 Å². The fourth-order valence-corrected chi connectivity index (χ4v) is 1.96. The predicted octanol–water partition coefficient (Wildman–Crippen LogP) is -0.0861. The van der Waals surface area contributed by atoms with Crippen LogP contribution in [0.4, 0.5) is 0 Å². The van der Waals surface area contributed by atoms with E-state index in [1.165, 1.54) is 0 Å². The van der Waals surface area contributed by atoms with Crippen LogP contribution < -0.4 is 16.8 Å². The molecule has 98 valence electrons. The molecule has 1 amide bonds. The molecule has 0 spiro atoms. The number of nitrogens with zero attached hydrogens (tertiary/aromatic N) is 2. The minimum atomic E-state index is -0.361. The summed E-state index contributed by atoms with van der Waals surface area (Å²) in [7, 11) is 0. The van der Waals surface area contributed by atoms with Crippen molar-refractivity contribution in [1.82, 2.24) is 20.6 Å². The number of hydrazine groups is 1. The third-order valence-corrected chi connectivity index (χ3v) is 3.09. The Bertz CT molecular complexity index is 628. The van der Waals surface area contributed by atoms with Gasteiger partial charge in [-0.3, -0.25) is 20.0 Å². The van der Waals surface area contributed by atoms with Gasteiger partial charge in [0.05, 0.1) is 5.75 Å². The van der Waals surface area contributed by atoms with Gasteiger partial charge in [-0.15, -0.1) is 10.2 Å². The van der Waals surface area contributed by atoms with Gasteiger partial charge < -0.3 is 0 Å². The number of hydrogen-bond acceptors (Lipinski definition) is 6. The molecular weight excluding hydrogens is 266 g/mol. The summed E-state index contributed by atoms with van der Waals surface area (Å²) < 4.78 is 0. The molecule has 0 aliphatic carbocycles. The molecule has 1 heterocycles. The van der Waals surface area contributed by atoms with Crippen LogP contribution in [0.1, 0.15) is 0 Å². The number of rotatable bonds is 4. The molecule has 0 aliphatic rings. The molecule has 2 aromatic rings. The zero-order valence-electron chi connectivity index (χ0n) is 9.79. The number of carbonyl (C=O) groups excluding carboxylic acids is 1. The third-order valence-electron chi connectivity index (χ3n) is 2.22. The first kappa shape index (κ1) is 13.2. The Morgan fingerprint density at radius 3 is 2.68 bits per heavy atom. The van der Waals surface area contributed by atoms with Gasteiger partial charge in [0.1, 0.15) is 0 Å². The van der Waals surface area contributed by atoms with Crippen LogP contribution >= 0.6 is 11.8 Å². The summed E-state index contributed by atoms with van der Waals surface area (Å²) in [6, 6.07) is 9.01. The number of aromatic nitrogens is 3. The van der Waals surface area contributed by atoms with E-state index in [0.717, 1.165) is 11.8 Å². The minimum Gasteiger partial charge on any atom is -0.298 e. The molecule has 0 radical (unpaired) electrons. The lowest BCUT2D eigenvalue weighted by atomic mass is 10.2. The topological polar surface area (TPSA) is 114 Å².